The molecular weight excluding hydrogens is 300 g/mol. The zero-order valence-corrected chi connectivity index (χ0v) is 13.8. The smallest absolute Gasteiger partial charge is 0.225 e. The average Bonchev–Trinajstić information content (AvgIpc) is 3.00. The fourth-order valence-electron chi connectivity index (χ4n) is 3.33. The first-order chi connectivity index (χ1) is 10.5. The lowest BCUT2D eigenvalue weighted by molar-refractivity contribution is 0.503. The SMILES string of the molecule is Cc1ccnc(N2CCC[C@@H](S(=O)(=O)NC3CCCC3)C2)n1. The minimum atomic E-state index is -3.27. The normalized spacial score (nSPS) is 23.9. The number of aromatic nitrogens is 2. The summed E-state index contributed by atoms with van der Waals surface area (Å²) in [4.78, 5) is 10.7. The quantitative estimate of drug-likeness (QED) is 0.911. The fourth-order valence-corrected chi connectivity index (χ4v) is 5.08. The zero-order chi connectivity index (χ0) is 15.6. The molecule has 1 aliphatic heterocycles. The maximum absolute atomic E-state index is 12.6. The summed E-state index contributed by atoms with van der Waals surface area (Å²) in [6.45, 7) is 3.22. The summed E-state index contributed by atoms with van der Waals surface area (Å²) in [6.07, 6.45) is 7.49. The third kappa shape index (κ3) is 3.57. The van der Waals surface area contributed by atoms with Crippen molar-refractivity contribution >= 4 is 16.0 Å². The first kappa shape index (κ1) is 15.7. The highest BCUT2D eigenvalue weighted by molar-refractivity contribution is 7.90. The van der Waals surface area contributed by atoms with Gasteiger partial charge in [0.2, 0.25) is 16.0 Å². The molecule has 0 spiro atoms. The number of aryl methyl sites for hydroxylation is 1. The van der Waals surface area contributed by atoms with Gasteiger partial charge < -0.3 is 4.90 Å². The molecule has 2 fully saturated rings. The van der Waals surface area contributed by atoms with Crippen molar-refractivity contribution in [1.82, 2.24) is 14.7 Å². The zero-order valence-electron chi connectivity index (χ0n) is 13.0. The lowest BCUT2D eigenvalue weighted by atomic mass is 10.1. The van der Waals surface area contributed by atoms with Gasteiger partial charge in [0, 0.05) is 31.0 Å². The number of hydrogen-bond donors (Lipinski definition) is 1. The predicted molar refractivity (Wildman–Crippen MR) is 86.3 cm³/mol. The summed E-state index contributed by atoms with van der Waals surface area (Å²) in [6, 6.07) is 1.99. The Balaban J connectivity index is 1.69. The summed E-state index contributed by atoms with van der Waals surface area (Å²) in [5.74, 6) is 0.640. The van der Waals surface area contributed by atoms with Crippen LogP contribution in [0, 0.1) is 6.92 Å². The van der Waals surface area contributed by atoms with E-state index >= 15 is 0 Å². The second-order valence-corrected chi connectivity index (χ2v) is 8.34. The van der Waals surface area contributed by atoms with E-state index in [1.807, 2.05) is 17.9 Å². The van der Waals surface area contributed by atoms with Crippen LogP contribution in [-0.2, 0) is 10.0 Å². The monoisotopic (exact) mass is 324 g/mol. The van der Waals surface area contributed by atoms with Crippen molar-refractivity contribution in [2.24, 2.45) is 0 Å². The Morgan fingerprint density at radius 3 is 2.73 bits per heavy atom. The molecule has 2 heterocycles. The Kier molecular flexibility index (Phi) is 4.63. The first-order valence-corrected chi connectivity index (χ1v) is 9.65. The van der Waals surface area contributed by atoms with E-state index in [0.29, 0.717) is 18.9 Å². The van der Waals surface area contributed by atoms with E-state index in [1.54, 1.807) is 6.20 Å². The van der Waals surface area contributed by atoms with Crippen molar-refractivity contribution in [1.29, 1.82) is 0 Å². The Hall–Kier alpha value is -1.21. The van der Waals surface area contributed by atoms with E-state index in [1.165, 1.54) is 0 Å². The standard InChI is InChI=1S/C15H24N4O2S/c1-12-8-9-16-15(17-12)19-10-4-7-14(11-19)22(20,21)18-13-5-2-3-6-13/h8-9,13-14,18H,2-7,10-11H2,1H3/t14-/m1/s1. The van der Waals surface area contributed by atoms with Crippen LogP contribution < -0.4 is 9.62 Å². The Bertz CT molecular complexity index is 614. The summed E-state index contributed by atoms with van der Waals surface area (Å²) in [5, 5.41) is -0.369. The molecule has 0 amide bonds. The highest BCUT2D eigenvalue weighted by Gasteiger charge is 2.33. The molecule has 122 valence electrons. The van der Waals surface area contributed by atoms with E-state index in [9.17, 15) is 8.42 Å². The fraction of sp³-hybridized carbons (Fsp3) is 0.733. The van der Waals surface area contributed by atoms with Crippen LogP contribution in [0.3, 0.4) is 0 Å². The highest BCUT2D eigenvalue weighted by atomic mass is 32.2. The number of rotatable bonds is 4. The summed E-state index contributed by atoms with van der Waals surface area (Å²) >= 11 is 0. The van der Waals surface area contributed by atoms with Crippen LogP contribution in [0.4, 0.5) is 5.95 Å². The van der Waals surface area contributed by atoms with Crippen LogP contribution in [0.5, 0.6) is 0 Å². The molecule has 3 rings (SSSR count). The lowest BCUT2D eigenvalue weighted by Gasteiger charge is -2.33. The molecule has 0 radical (unpaired) electrons. The molecule has 6 nitrogen and oxygen atoms in total. The van der Waals surface area contributed by atoms with Crippen molar-refractivity contribution in [3.8, 4) is 0 Å². The van der Waals surface area contributed by atoms with E-state index < -0.39 is 10.0 Å². The van der Waals surface area contributed by atoms with Crippen LogP contribution in [0.2, 0.25) is 0 Å². The van der Waals surface area contributed by atoms with Crippen LogP contribution in [0.15, 0.2) is 12.3 Å². The van der Waals surface area contributed by atoms with Gasteiger partial charge in [-0.3, -0.25) is 0 Å². The molecule has 1 aromatic rings. The molecule has 2 aliphatic rings. The number of nitrogens with zero attached hydrogens (tertiary/aromatic N) is 3. The predicted octanol–water partition coefficient (Wildman–Crippen LogP) is 1.62. The van der Waals surface area contributed by atoms with Gasteiger partial charge in [0.1, 0.15) is 0 Å². The van der Waals surface area contributed by atoms with Gasteiger partial charge in [-0.05, 0) is 38.7 Å². The number of hydrogen-bond acceptors (Lipinski definition) is 5. The van der Waals surface area contributed by atoms with Crippen LogP contribution in [0.25, 0.3) is 0 Å². The summed E-state index contributed by atoms with van der Waals surface area (Å²) < 4.78 is 28.1. The van der Waals surface area contributed by atoms with E-state index in [2.05, 4.69) is 14.7 Å². The molecule has 0 aromatic carbocycles. The van der Waals surface area contributed by atoms with Crippen LogP contribution in [0.1, 0.15) is 44.2 Å². The van der Waals surface area contributed by atoms with E-state index in [0.717, 1.165) is 44.3 Å². The van der Waals surface area contributed by atoms with Crippen molar-refractivity contribution in [3.05, 3.63) is 18.0 Å². The van der Waals surface area contributed by atoms with Gasteiger partial charge in [-0.2, -0.15) is 0 Å². The average molecular weight is 324 g/mol. The molecule has 0 unspecified atom stereocenters. The van der Waals surface area contributed by atoms with Crippen molar-refractivity contribution in [2.75, 3.05) is 18.0 Å². The number of piperidine rings is 1. The third-order valence-electron chi connectivity index (χ3n) is 4.57. The number of nitrogens with one attached hydrogen (secondary N) is 1. The molecule has 1 N–H and O–H groups in total. The van der Waals surface area contributed by atoms with Gasteiger partial charge in [-0.15, -0.1) is 0 Å². The van der Waals surface area contributed by atoms with Crippen molar-refractivity contribution in [3.63, 3.8) is 0 Å². The second-order valence-electron chi connectivity index (χ2n) is 6.35. The van der Waals surface area contributed by atoms with Gasteiger partial charge in [-0.25, -0.2) is 23.1 Å². The topological polar surface area (TPSA) is 75.2 Å². The van der Waals surface area contributed by atoms with Crippen molar-refractivity contribution in [2.45, 2.75) is 56.7 Å². The minimum absolute atomic E-state index is 0.135. The maximum Gasteiger partial charge on any atom is 0.225 e. The molecule has 1 saturated carbocycles. The Labute approximate surface area is 132 Å². The molecule has 1 aromatic heterocycles. The van der Waals surface area contributed by atoms with Gasteiger partial charge in [0.15, 0.2) is 0 Å². The summed E-state index contributed by atoms with van der Waals surface area (Å²) in [5.41, 5.74) is 0.902. The Morgan fingerprint density at radius 1 is 1.23 bits per heavy atom. The van der Waals surface area contributed by atoms with Crippen LogP contribution in [-0.4, -0.2) is 42.8 Å². The summed E-state index contributed by atoms with van der Waals surface area (Å²) in [7, 11) is -3.27. The molecule has 7 heteroatoms. The number of anilines is 1. The van der Waals surface area contributed by atoms with E-state index in [-0.39, 0.29) is 11.3 Å². The Morgan fingerprint density at radius 2 is 2.00 bits per heavy atom. The van der Waals surface area contributed by atoms with Gasteiger partial charge in [0.05, 0.1) is 5.25 Å². The second kappa shape index (κ2) is 6.50. The molecule has 1 aliphatic carbocycles. The lowest BCUT2D eigenvalue weighted by Crippen LogP contribution is -2.48. The van der Waals surface area contributed by atoms with Gasteiger partial charge in [-0.1, -0.05) is 12.8 Å². The van der Waals surface area contributed by atoms with Gasteiger partial charge in [0.25, 0.3) is 0 Å². The third-order valence-corrected chi connectivity index (χ3v) is 6.49. The highest BCUT2D eigenvalue weighted by Crippen LogP contribution is 2.23. The maximum atomic E-state index is 12.6. The molecule has 0 bridgehead atoms. The van der Waals surface area contributed by atoms with Crippen LogP contribution >= 0.6 is 0 Å². The molecule has 1 saturated heterocycles. The number of sulfonamides is 1. The first-order valence-electron chi connectivity index (χ1n) is 8.10. The molecular formula is C15H24N4O2S. The molecule has 1 atom stereocenters. The van der Waals surface area contributed by atoms with Gasteiger partial charge >= 0.3 is 0 Å². The van der Waals surface area contributed by atoms with E-state index in [4.69, 9.17) is 0 Å². The molecule has 22 heavy (non-hydrogen) atoms. The van der Waals surface area contributed by atoms with Crippen molar-refractivity contribution < 1.29 is 8.42 Å². The largest absolute Gasteiger partial charge is 0.339 e. The minimum Gasteiger partial charge on any atom is -0.339 e.